The van der Waals surface area contributed by atoms with E-state index in [9.17, 15) is 23.3 Å². The van der Waals surface area contributed by atoms with E-state index in [4.69, 9.17) is 0 Å². The quantitative estimate of drug-likeness (QED) is 0.568. The molecule has 2 N–H and O–H groups in total. The van der Waals surface area contributed by atoms with Crippen molar-refractivity contribution in [2.75, 3.05) is 4.72 Å². The zero-order chi connectivity index (χ0) is 19.3. The van der Waals surface area contributed by atoms with Gasteiger partial charge in [0, 0.05) is 12.1 Å². The molecule has 2 aromatic carbocycles. The largest absolute Gasteiger partial charge is 0.350 e. The van der Waals surface area contributed by atoms with Crippen LogP contribution in [0.4, 0.5) is 11.4 Å². The van der Waals surface area contributed by atoms with Crippen LogP contribution in [-0.2, 0) is 10.0 Å². The first kappa shape index (κ1) is 19.4. The topological polar surface area (TPSA) is 118 Å². The lowest BCUT2D eigenvalue weighted by Gasteiger charge is -2.15. The summed E-state index contributed by atoms with van der Waals surface area (Å²) in [7, 11) is -4.25. The smallest absolute Gasteiger partial charge is 0.289 e. The highest BCUT2D eigenvalue weighted by molar-refractivity contribution is 7.92. The summed E-state index contributed by atoms with van der Waals surface area (Å²) in [6.45, 7) is 3.74. The molecule has 0 radical (unpaired) electrons. The maximum Gasteiger partial charge on any atom is 0.289 e. The molecule has 2 rings (SSSR count). The van der Waals surface area contributed by atoms with E-state index in [2.05, 4.69) is 10.0 Å². The van der Waals surface area contributed by atoms with Gasteiger partial charge in [-0.1, -0.05) is 31.2 Å². The van der Waals surface area contributed by atoms with Crippen LogP contribution in [0.3, 0.4) is 0 Å². The molecule has 0 saturated carbocycles. The van der Waals surface area contributed by atoms with Crippen LogP contribution in [-0.4, -0.2) is 25.3 Å². The van der Waals surface area contributed by atoms with Crippen molar-refractivity contribution in [2.45, 2.75) is 31.2 Å². The number of sulfonamides is 1. The number of nitrogens with zero attached hydrogens (tertiary/aromatic N) is 1. The highest BCUT2D eigenvalue weighted by atomic mass is 32.2. The van der Waals surface area contributed by atoms with Crippen LogP contribution in [0.2, 0.25) is 0 Å². The fourth-order valence-corrected chi connectivity index (χ4v) is 3.46. The molecule has 0 aromatic heterocycles. The van der Waals surface area contributed by atoms with E-state index in [0.29, 0.717) is 0 Å². The van der Waals surface area contributed by atoms with Crippen molar-refractivity contribution in [3.8, 4) is 0 Å². The van der Waals surface area contributed by atoms with Crippen molar-refractivity contribution in [3.05, 3.63) is 64.2 Å². The number of hydrogen-bond acceptors (Lipinski definition) is 5. The summed E-state index contributed by atoms with van der Waals surface area (Å²) < 4.78 is 27.5. The highest BCUT2D eigenvalue weighted by Gasteiger charge is 2.26. The van der Waals surface area contributed by atoms with Crippen LogP contribution in [0.5, 0.6) is 0 Å². The number of carbonyl (C=O) groups is 1. The second-order valence-corrected chi connectivity index (χ2v) is 7.31. The van der Waals surface area contributed by atoms with Crippen molar-refractivity contribution < 1.29 is 18.1 Å². The average Bonchev–Trinajstić information content (AvgIpc) is 2.61. The average molecular weight is 377 g/mol. The van der Waals surface area contributed by atoms with Gasteiger partial charge in [-0.25, -0.2) is 8.42 Å². The number of hydrogen-bond donors (Lipinski definition) is 2. The Morgan fingerprint density at radius 3 is 2.42 bits per heavy atom. The summed E-state index contributed by atoms with van der Waals surface area (Å²) in [5, 5.41) is 13.9. The van der Waals surface area contributed by atoms with E-state index in [-0.39, 0.29) is 17.3 Å². The minimum atomic E-state index is -4.25. The molecule has 0 spiro atoms. The lowest BCUT2D eigenvalue weighted by molar-refractivity contribution is -0.387. The summed E-state index contributed by atoms with van der Waals surface area (Å²) in [6.07, 6.45) is 0.718. The molecule has 0 aliphatic rings. The van der Waals surface area contributed by atoms with E-state index in [1.807, 2.05) is 13.8 Å². The van der Waals surface area contributed by atoms with Gasteiger partial charge in [0.2, 0.25) is 0 Å². The Bertz CT molecular complexity index is 928. The summed E-state index contributed by atoms with van der Waals surface area (Å²) in [5.74, 6) is -0.430. The molecule has 26 heavy (non-hydrogen) atoms. The van der Waals surface area contributed by atoms with Gasteiger partial charge in [-0.3, -0.25) is 19.6 Å². The van der Waals surface area contributed by atoms with E-state index < -0.39 is 31.4 Å². The maximum atomic E-state index is 12.6. The van der Waals surface area contributed by atoms with Crippen molar-refractivity contribution >= 4 is 27.3 Å². The van der Waals surface area contributed by atoms with E-state index in [1.165, 1.54) is 24.3 Å². The van der Waals surface area contributed by atoms with E-state index in [0.717, 1.165) is 18.6 Å². The SMILES string of the molecule is CC[C@H](C)NC(=O)c1ccccc1NS(=O)(=O)c1ccccc1[N+](=O)[O-]. The second kappa shape index (κ2) is 7.96. The molecule has 1 amide bonds. The summed E-state index contributed by atoms with van der Waals surface area (Å²) >= 11 is 0. The first-order chi connectivity index (χ1) is 12.3. The molecule has 1 atom stereocenters. The molecule has 138 valence electrons. The second-order valence-electron chi connectivity index (χ2n) is 5.66. The van der Waals surface area contributed by atoms with Crippen LogP contribution < -0.4 is 10.0 Å². The van der Waals surface area contributed by atoms with Gasteiger partial charge in [0.1, 0.15) is 0 Å². The number of para-hydroxylation sites is 2. The molecule has 0 bridgehead atoms. The molecule has 8 nitrogen and oxygen atoms in total. The number of rotatable bonds is 7. The van der Waals surface area contributed by atoms with Crippen molar-refractivity contribution in [1.82, 2.24) is 5.32 Å². The summed E-state index contributed by atoms with van der Waals surface area (Å²) in [5.41, 5.74) is -0.358. The minimum Gasteiger partial charge on any atom is -0.350 e. The number of nitro groups is 1. The van der Waals surface area contributed by atoms with Gasteiger partial charge in [-0.05, 0) is 31.5 Å². The number of amides is 1. The van der Waals surface area contributed by atoms with Gasteiger partial charge in [-0.2, -0.15) is 0 Å². The van der Waals surface area contributed by atoms with Crippen molar-refractivity contribution in [1.29, 1.82) is 0 Å². The molecule has 0 aliphatic heterocycles. The lowest BCUT2D eigenvalue weighted by Crippen LogP contribution is -2.32. The predicted molar refractivity (Wildman–Crippen MR) is 97.6 cm³/mol. The molecule has 0 fully saturated rings. The van der Waals surface area contributed by atoms with Gasteiger partial charge in [0.15, 0.2) is 4.90 Å². The number of nitrogens with one attached hydrogen (secondary N) is 2. The number of nitro benzene ring substituents is 1. The molecule has 0 aliphatic carbocycles. The third-order valence-electron chi connectivity index (χ3n) is 3.76. The molecule has 0 unspecified atom stereocenters. The zero-order valence-corrected chi connectivity index (χ0v) is 15.1. The Hall–Kier alpha value is -2.94. The molecule has 0 heterocycles. The number of anilines is 1. The first-order valence-corrected chi connectivity index (χ1v) is 9.40. The van der Waals surface area contributed by atoms with E-state index >= 15 is 0 Å². The maximum absolute atomic E-state index is 12.6. The lowest BCUT2D eigenvalue weighted by atomic mass is 10.1. The summed E-state index contributed by atoms with van der Waals surface area (Å²) in [4.78, 5) is 22.2. The zero-order valence-electron chi connectivity index (χ0n) is 14.3. The number of benzene rings is 2. The third kappa shape index (κ3) is 4.37. The van der Waals surface area contributed by atoms with Crippen LogP contribution in [0.15, 0.2) is 53.4 Å². The van der Waals surface area contributed by atoms with Gasteiger partial charge < -0.3 is 5.32 Å². The van der Waals surface area contributed by atoms with Crippen molar-refractivity contribution in [2.24, 2.45) is 0 Å². The van der Waals surface area contributed by atoms with Crippen LogP contribution >= 0.6 is 0 Å². The molecular formula is C17H19N3O5S. The summed E-state index contributed by atoms with van der Waals surface area (Å²) in [6, 6.07) is 11.0. The third-order valence-corrected chi connectivity index (χ3v) is 5.17. The van der Waals surface area contributed by atoms with Gasteiger partial charge in [0.25, 0.3) is 21.6 Å². The van der Waals surface area contributed by atoms with Gasteiger partial charge in [0.05, 0.1) is 16.2 Å². The fourth-order valence-electron chi connectivity index (χ4n) is 2.21. The predicted octanol–water partition coefficient (Wildman–Crippen LogP) is 2.92. The Morgan fingerprint density at radius 1 is 1.15 bits per heavy atom. The van der Waals surface area contributed by atoms with Crippen molar-refractivity contribution in [3.63, 3.8) is 0 Å². The van der Waals surface area contributed by atoms with Crippen LogP contribution in [0.25, 0.3) is 0 Å². The molecule has 2 aromatic rings. The van der Waals surface area contributed by atoms with E-state index in [1.54, 1.807) is 12.1 Å². The normalized spacial score (nSPS) is 12.2. The van der Waals surface area contributed by atoms with Gasteiger partial charge >= 0.3 is 0 Å². The minimum absolute atomic E-state index is 0.0476. The Labute approximate surface area is 151 Å². The Kier molecular flexibility index (Phi) is 5.93. The monoisotopic (exact) mass is 377 g/mol. The molecule has 9 heteroatoms. The van der Waals surface area contributed by atoms with Gasteiger partial charge in [-0.15, -0.1) is 0 Å². The first-order valence-electron chi connectivity index (χ1n) is 7.92. The molecule has 0 saturated heterocycles. The number of carbonyl (C=O) groups excluding carboxylic acids is 1. The highest BCUT2D eigenvalue weighted by Crippen LogP contribution is 2.26. The van der Waals surface area contributed by atoms with Crippen LogP contribution in [0.1, 0.15) is 30.6 Å². The fraction of sp³-hybridized carbons (Fsp3) is 0.235. The Morgan fingerprint density at radius 2 is 1.77 bits per heavy atom. The Balaban J connectivity index is 2.40. The standard InChI is InChI=1S/C17H19N3O5S/c1-3-12(2)18-17(21)13-8-4-5-9-14(13)19-26(24,25)16-11-7-6-10-15(16)20(22)23/h4-12,19H,3H2,1-2H3,(H,18,21)/t12-/m0/s1. The molecular weight excluding hydrogens is 358 g/mol. The van der Waals surface area contributed by atoms with Crippen LogP contribution in [0, 0.1) is 10.1 Å².